The Kier molecular flexibility index (Phi) is 4.86. The molecule has 1 N–H and O–H groups in total. The van der Waals surface area contributed by atoms with Crippen LogP contribution < -0.4 is 9.64 Å². The summed E-state index contributed by atoms with van der Waals surface area (Å²) in [4.78, 5) is 6.69. The van der Waals surface area contributed by atoms with Crippen molar-refractivity contribution in [3.63, 3.8) is 0 Å². The Labute approximate surface area is 175 Å². The maximum Gasteiger partial charge on any atom is 0.211 e. The van der Waals surface area contributed by atoms with Gasteiger partial charge in [0.15, 0.2) is 0 Å². The third kappa shape index (κ3) is 3.99. The lowest BCUT2D eigenvalue weighted by molar-refractivity contribution is 0.303. The molecule has 0 spiro atoms. The molecule has 3 aromatic rings. The minimum atomic E-state index is -3.17. The van der Waals surface area contributed by atoms with E-state index in [4.69, 9.17) is 4.74 Å². The van der Waals surface area contributed by atoms with E-state index in [-0.39, 0.29) is 0 Å². The number of aromatic nitrogens is 3. The number of ether oxygens (including phenoxy) is 1. The summed E-state index contributed by atoms with van der Waals surface area (Å²) >= 11 is 0. The van der Waals surface area contributed by atoms with Gasteiger partial charge in [-0.2, -0.15) is 5.10 Å². The maximum atomic E-state index is 11.9. The van der Waals surface area contributed by atoms with Crippen molar-refractivity contribution in [1.29, 1.82) is 0 Å². The molecule has 1 saturated carbocycles. The quantitative estimate of drug-likeness (QED) is 0.673. The number of aromatic amines is 1. The average Bonchev–Trinajstić information content (AvgIpc) is 3.49. The molecule has 1 aliphatic heterocycles. The van der Waals surface area contributed by atoms with Gasteiger partial charge in [-0.25, -0.2) is 17.7 Å². The topological polar surface area (TPSA) is 91.4 Å². The van der Waals surface area contributed by atoms with Crippen molar-refractivity contribution in [2.45, 2.75) is 25.4 Å². The Morgan fingerprint density at radius 2 is 1.97 bits per heavy atom. The Balaban J connectivity index is 1.42. The number of H-pyrrole nitrogens is 1. The number of sulfonamides is 1. The molecule has 158 valence electrons. The molecule has 0 bridgehead atoms. The molecule has 30 heavy (non-hydrogen) atoms. The summed E-state index contributed by atoms with van der Waals surface area (Å²) in [5.74, 6) is 1.71. The summed E-state index contributed by atoms with van der Waals surface area (Å²) in [7, 11) is -3.17. The van der Waals surface area contributed by atoms with Crippen LogP contribution in [0.3, 0.4) is 0 Å². The second-order valence-electron chi connectivity index (χ2n) is 8.00. The Hall–Kier alpha value is -2.65. The van der Waals surface area contributed by atoms with Gasteiger partial charge in [0.05, 0.1) is 17.9 Å². The van der Waals surface area contributed by atoms with Gasteiger partial charge in [-0.05, 0) is 49.6 Å². The van der Waals surface area contributed by atoms with Crippen molar-refractivity contribution in [2.75, 3.05) is 37.3 Å². The number of hydrogen-bond acceptors (Lipinski definition) is 6. The third-order valence-electron chi connectivity index (χ3n) is 5.63. The monoisotopic (exact) mass is 427 g/mol. The molecule has 0 radical (unpaired) electrons. The number of benzene rings is 1. The fourth-order valence-electron chi connectivity index (χ4n) is 3.86. The van der Waals surface area contributed by atoms with Crippen LogP contribution in [0, 0.1) is 0 Å². The Morgan fingerprint density at radius 3 is 2.77 bits per heavy atom. The smallest absolute Gasteiger partial charge is 0.211 e. The SMILES string of the molecule is CS(=O)(=O)N1CCCN(c2cc(-c3n[nH]c4ccc(OC5CC5)cc34)ccn2)CC1. The summed E-state index contributed by atoms with van der Waals surface area (Å²) in [5, 5.41) is 8.66. The highest BCUT2D eigenvalue weighted by Gasteiger charge is 2.24. The molecule has 1 aliphatic carbocycles. The summed E-state index contributed by atoms with van der Waals surface area (Å²) in [5.41, 5.74) is 2.80. The van der Waals surface area contributed by atoms with Crippen LogP contribution in [-0.4, -0.2) is 66.4 Å². The number of rotatable bonds is 5. The molecule has 5 rings (SSSR count). The van der Waals surface area contributed by atoms with Gasteiger partial charge in [-0.1, -0.05) is 0 Å². The fourth-order valence-corrected chi connectivity index (χ4v) is 4.73. The number of anilines is 1. The van der Waals surface area contributed by atoms with Crippen molar-refractivity contribution in [2.24, 2.45) is 0 Å². The van der Waals surface area contributed by atoms with E-state index in [1.807, 2.05) is 30.3 Å². The van der Waals surface area contributed by atoms with Gasteiger partial charge >= 0.3 is 0 Å². The van der Waals surface area contributed by atoms with E-state index in [0.717, 1.165) is 59.5 Å². The van der Waals surface area contributed by atoms with Crippen molar-refractivity contribution in [1.82, 2.24) is 19.5 Å². The summed E-state index contributed by atoms with van der Waals surface area (Å²) in [6, 6.07) is 10.0. The zero-order valence-corrected chi connectivity index (χ0v) is 17.7. The van der Waals surface area contributed by atoms with E-state index in [9.17, 15) is 8.42 Å². The molecular weight excluding hydrogens is 402 g/mol. The molecule has 1 aromatic carbocycles. The van der Waals surface area contributed by atoms with Crippen LogP contribution in [0.5, 0.6) is 5.75 Å². The first-order chi connectivity index (χ1) is 14.5. The molecule has 0 atom stereocenters. The summed E-state index contributed by atoms with van der Waals surface area (Å²) in [6.07, 6.45) is 6.42. The minimum Gasteiger partial charge on any atom is -0.490 e. The maximum absolute atomic E-state index is 11.9. The van der Waals surface area contributed by atoms with Crippen LogP contribution >= 0.6 is 0 Å². The minimum absolute atomic E-state index is 0.347. The number of pyridine rings is 1. The first kappa shape index (κ1) is 19.3. The van der Waals surface area contributed by atoms with E-state index in [0.29, 0.717) is 25.7 Å². The number of nitrogens with zero attached hydrogens (tertiary/aromatic N) is 4. The molecule has 0 unspecified atom stereocenters. The van der Waals surface area contributed by atoms with Gasteiger partial charge in [0.25, 0.3) is 0 Å². The van der Waals surface area contributed by atoms with Crippen molar-refractivity contribution >= 4 is 26.7 Å². The predicted octanol–water partition coefficient (Wildman–Crippen LogP) is 2.64. The van der Waals surface area contributed by atoms with Gasteiger partial charge < -0.3 is 9.64 Å². The van der Waals surface area contributed by atoms with Crippen LogP contribution in [0.2, 0.25) is 0 Å². The largest absolute Gasteiger partial charge is 0.490 e. The summed E-state index contributed by atoms with van der Waals surface area (Å²) in [6.45, 7) is 2.40. The van der Waals surface area contributed by atoms with E-state index in [1.165, 1.54) is 6.26 Å². The molecule has 3 heterocycles. The van der Waals surface area contributed by atoms with Crippen molar-refractivity contribution in [3.05, 3.63) is 36.5 Å². The summed E-state index contributed by atoms with van der Waals surface area (Å²) < 4.78 is 31.3. The van der Waals surface area contributed by atoms with Gasteiger partial charge in [-0.15, -0.1) is 0 Å². The van der Waals surface area contributed by atoms with Crippen molar-refractivity contribution < 1.29 is 13.2 Å². The second-order valence-corrected chi connectivity index (χ2v) is 9.98. The van der Waals surface area contributed by atoms with E-state index >= 15 is 0 Å². The van der Waals surface area contributed by atoms with Gasteiger partial charge in [0.2, 0.25) is 10.0 Å². The van der Waals surface area contributed by atoms with Gasteiger partial charge in [0.1, 0.15) is 17.3 Å². The van der Waals surface area contributed by atoms with Crippen LogP contribution in [0.25, 0.3) is 22.2 Å². The molecule has 2 aromatic heterocycles. The van der Waals surface area contributed by atoms with E-state index in [1.54, 1.807) is 10.5 Å². The van der Waals surface area contributed by atoms with Crippen LogP contribution in [0.15, 0.2) is 36.5 Å². The number of nitrogens with one attached hydrogen (secondary N) is 1. The molecule has 0 amide bonds. The first-order valence-corrected chi connectivity index (χ1v) is 12.1. The molecule has 8 nitrogen and oxygen atoms in total. The van der Waals surface area contributed by atoms with Crippen LogP contribution in [0.1, 0.15) is 19.3 Å². The number of hydrogen-bond donors (Lipinski definition) is 1. The van der Waals surface area contributed by atoms with Crippen LogP contribution in [0.4, 0.5) is 5.82 Å². The predicted molar refractivity (Wildman–Crippen MR) is 116 cm³/mol. The van der Waals surface area contributed by atoms with Gasteiger partial charge in [0, 0.05) is 43.3 Å². The second kappa shape index (κ2) is 7.55. The number of fused-ring (bicyclic) bond motifs is 1. The fraction of sp³-hybridized carbons (Fsp3) is 0.429. The van der Waals surface area contributed by atoms with Gasteiger partial charge in [-0.3, -0.25) is 5.10 Å². The standard InChI is InChI=1S/C21H25N5O3S/c1-30(27,28)26-10-2-9-25(11-12-26)20-13-15(7-8-22-20)21-18-14-17(29-16-3-4-16)5-6-19(18)23-24-21/h5-8,13-14,16H,2-4,9-12H2,1H3,(H,23,24). The highest BCUT2D eigenvalue weighted by atomic mass is 32.2. The normalized spacial score (nSPS) is 18.5. The Morgan fingerprint density at radius 1 is 1.10 bits per heavy atom. The van der Waals surface area contributed by atoms with E-state index in [2.05, 4.69) is 20.1 Å². The molecule has 9 heteroatoms. The van der Waals surface area contributed by atoms with E-state index < -0.39 is 10.0 Å². The molecule has 2 fully saturated rings. The Bertz CT molecular complexity index is 1170. The zero-order chi connectivity index (χ0) is 20.7. The average molecular weight is 428 g/mol. The highest BCUT2D eigenvalue weighted by molar-refractivity contribution is 7.88. The highest BCUT2D eigenvalue weighted by Crippen LogP contribution is 2.33. The molecule has 1 saturated heterocycles. The van der Waals surface area contributed by atoms with Crippen LogP contribution in [-0.2, 0) is 10.0 Å². The van der Waals surface area contributed by atoms with Crippen molar-refractivity contribution in [3.8, 4) is 17.0 Å². The third-order valence-corrected chi connectivity index (χ3v) is 6.93. The first-order valence-electron chi connectivity index (χ1n) is 10.3. The lowest BCUT2D eigenvalue weighted by Crippen LogP contribution is -2.34. The lowest BCUT2D eigenvalue weighted by Gasteiger charge is -2.22. The molecular formula is C21H25N5O3S. The zero-order valence-electron chi connectivity index (χ0n) is 16.9. The molecule has 2 aliphatic rings. The lowest BCUT2D eigenvalue weighted by atomic mass is 10.1.